The summed E-state index contributed by atoms with van der Waals surface area (Å²) in [5.74, 6) is 0.542. The van der Waals surface area contributed by atoms with E-state index in [1.54, 1.807) is 0 Å². The maximum Gasteiger partial charge on any atom is 0.190 e. The number of rotatable bonds is 1. The monoisotopic (exact) mass is 260 g/mol. The van der Waals surface area contributed by atoms with E-state index in [2.05, 4.69) is 34.9 Å². The summed E-state index contributed by atoms with van der Waals surface area (Å²) in [6, 6.07) is 0. The molecule has 2 atom stereocenters. The van der Waals surface area contributed by atoms with Crippen molar-refractivity contribution in [3.05, 3.63) is 10.1 Å². The Morgan fingerprint density at radius 2 is 2.29 bits per heavy atom. The summed E-state index contributed by atoms with van der Waals surface area (Å²) in [6.07, 6.45) is 2.89. The number of hydrazone groups is 1. The van der Waals surface area contributed by atoms with Gasteiger partial charge in [0.05, 0.1) is 9.43 Å². The molecule has 5 heteroatoms. The van der Waals surface area contributed by atoms with Gasteiger partial charge in [0, 0.05) is 0 Å². The second kappa shape index (κ2) is 2.78. The van der Waals surface area contributed by atoms with E-state index in [-0.39, 0.29) is 9.74 Å². The van der Waals surface area contributed by atoms with Gasteiger partial charge >= 0.3 is 0 Å². The molecule has 2 aliphatic rings. The molecule has 2 saturated carbocycles. The van der Waals surface area contributed by atoms with E-state index < -0.39 is 5.03 Å². The largest absolute Gasteiger partial charge is 0.233 e. The van der Waals surface area contributed by atoms with E-state index in [4.69, 9.17) is 0 Å². The summed E-state index contributed by atoms with van der Waals surface area (Å²) in [4.78, 5) is 10.4. The van der Waals surface area contributed by atoms with E-state index in [0.29, 0.717) is 5.92 Å². The van der Waals surface area contributed by atoms with Gasteiger partial charge in [-0.2, -0.15) is 0 Å². The second-order valence-corrected chi connectivity index (χ2v) is 6.10. The van der Waals surface area contributed by atoms with Gasteiger partial charge in [-0.1, -0.05) is 29.8 Å². The van der Waals surface area contributed by atoms with Crippen molar-refractivity contribution in [3.63, 3.8) is 0 Å². The molecule has 0 spiro atoms. The van der Waals surface area contributed by atoms with Gasteiger partial charge in [0.1, 0.15) is 5.71 Å². The predicted molar refractivity (Wildman–Crippen MR) is 57.2 cm³/mol. The zero-order valence-corrected chi connectivity index (χ0v) is 9.87. The third-order valence-corrected chi connectivity index (χ3v) is 5.85. The summed E-state index contributed by atoms with van der Waals surface area (Å²) >= 11 is 3.67. The fourth-order valence-electron chi connectivity index (χ4n) is 2.87. The van der Waals surface area contributed by atoms with Crippen molar-refractivity contribution in [2.45, 2.75) is 37.4 Å². The number of nitrogens with zero attached hydrogens (tertiary/aromatic N) is 2. The Balaban J connectivity index is 2.41. The first-order valence-corrected chi connectivity index (χ1v) is 5.58. The SMILES string of the molecule is CC1(C)[C@H]2CC[C@]1(Br)/C(=N/[N+](=O)[O-])C2. The van der Waals surface area contributed by atoms with Crippen LogP contribution in [0.2, 0.25) is 0 Å². The first-order valence-electron chi connectivity index (χ1n) is 4.79. The average molecular weight is 261 g/mol. The summed E-state index contributed by atoms with van der Waals surface area (Å²) in [5.41, 5.74) is 0.825. The van der Waals surface area contributed by atoms with Crippen LogP contribution >= 0.6 is 15.9 Å². The smallest absolute Gasteiger partial charge is 0.190 e. The highest BCUT2D eigenvalue weighted by molar-refractivity contribution is 9.10. The third-order valence-electron chi connectivity index (χ3n) is 3.98. The van der Waals surface area contributed by atoms with E-state index in [0.717, 1.165) is 25.0 Å². The molecule has 0 saturated heterocycles. The lowest BCUT2D eigenvalue weighted by Gasteiger charge is -2.31. The topological polar surface area (TPSA) is 55.5 Å². The molecule has 2 rings (SSSR count). The van der Waals surface area contributed by atoms with E-state index >= 15 is 0 Å². The van der Waals surface area contributed by atoms with Gasteiger partial charge in [0.15, 0.2) is 5.03 Å². The molecule has 2 bridgehead atoms. The van der Waals surface area contributed by atoms with Gasteiger partial charge in [-0.25, -0.2) is 10.1 Å². The van der Waals surface area contributed by atoms with Gasteiger partial charge in [-0.3, -0.25) is 0 Å². The molecule has 0 aromatic carbocycles. The first kappa shape index (κ1) is 10.1. The maximum atomic E-state index is 10.4. The van der Waals surface area contributed by atoms with Crippen molar-refractivity contribution in [2.24, 2.45) is 16.4 Å². The highest BCUT2D eigenvalue weighted by Gasteiger charge is 2.62. The van der Waals surface area contributed by atoms with Crippen LogP contribution in [0.3, 0.4) is 0 Å². The molecule has 0 heterocycles. The zero-order valence-electron chi connectivity index (χ0n) is 8.29. The minimum absolute atomic E-state index is 0.0991. The summed E-state index contributed by atoms with van der Waals surface area (Å²) in [6.45, 7) is 4.34. The van der Waals surface area contributed by atoms with Crippen LogP contribution in [0.1, 0.15) is 33.1 Å². The number of alkyl halides is 1. The van der Waals surface area contributed by atoms with Crippen molar-refractivity contribution in [1.29, 1.82) is 0 Å². The third kappa shape index (κ3) is 1.08. The lowest BCUT2D eigenvalue weighted by atomic mass is 9.82. The van der Waals surface area contributed by atoms with Crippen LogP contribution in [0.25, 0.3) is 0 Å². The normalized spacial score (nSPS) is 41.9. The van der Waals surface area contributed by atoms with Crippen LogP contribution in [0, 0.1) is 21.4 Å². The Morgan fingerprint density at radius 3 is 2.64 bits per heavy atom. The molecule has 2 aliphatic carbocycles. The van der Waals surface area contributed by atoms with Gasteiger partial charge in [-0.15, -0.1) is 0 Å². The number of fused-ring (bicyclic) bond motifs is 2. The van der Waals surface area contributed by atoms with Gasteiger partial charge in [0.2, 0.25) is 0 Å². The molecule has 0 amide bonds. The Hall–Kier alpha value is -0.450. The van der Waals surface area contributed by atoms with Crippen molar-refractivity contribution in [2.75, 3.05) is 0 Å². The maximum absolute atomic E-state index is 10.4. The molecule has 0 aliphatic heterocycles. The summed E-state index contributed by atoms with van der Waals surface area (Å²) in [7, 11) is 0. The van der Waals surface area contributed by atoms with Crippen LogP contribution in [0.5, 0.6) is 0 Å². The summed E-state index contributed by atoms with van der Waals surface area (Å²) in [5, 5.41) is 13.3. The molecular formula is C9H13BrN2O2. The van der Waals surface area contributed by atoms with Crippen molar-refractivity contribution in [1.82, 2.24) is 0 Å². The first-order chi connectivity index (χ1) is 6.38. The Morgan fingerprint density at radius 1 is 1.64 bits per heavy atom. The van der Waals surface area contributed by atoms with Crippen LogP contribution < -0.4 is 0 Å². The van der Waals surface area contributed by atoms with E-state index in [1.165, 1.54) is 0 Å². The molecule has 14 heavy (non-hydrogen) atoms. The number of hydrogen-bond acceptors (Lipinski definition) is 2. The van der Waals surface area contributed by atoms with Crippen LogP contribution in [-0.4, -0.2) is 15.1 Å². The molecule has 0 aromatic heterocycles. The van der Waals surface area contributed by atoms with E-state index in [1.807, 2.05) is 0 Å². The van der Waals surface area contributed by atoms with Crippen LogP contribution in [-0.2, 0) is 0 Å². The molecule has 78 valence electrons. The Kier molecular flexibility index (Phi) is 2.00. The molecule has 0 N–H and O–H groups in total. The molecule has 4 nitrogen and oxygen atoms in total. The lowest BCUT2D eigenvalue weighted by molar-refractivity contribution is -0.485. The number of halogens is 1. The second-order valence-electron chi connectivity index (χ2n) is 4.75. The average Bonchev–Trinajstić information content (AvgIpc) is 2.35. The lowest BCUT2D eigenvalue weighted by Crippen LogP contribution is -2.37. The molecule has 0 unspecified atom stereocenters. The number of nitro groups is 1. The van der Waals surface area contributed by atoms with Gasteiger partial charge in [0.25, 0.3) is 0 Å². The Labute approximate surface area is 91.0 Å². The highest BCUT2D eigenvalue weighted by atomic mass is 79.9. The van der Waals surface area contributed by atoms with Gasteiger partial charge < -0.3 is 0 Å². The standard InChI is InChI=1S/C9H13BrN2O2/c1-8(2)6-3-4-9(8,10)7(5-6)11-12(13)14/h6H,3-5H2,1-2H3/b11-7+/t6-,9-/m0/s1. The minimum Gasteiger partial charge on any atom is -0.233 e. The van der Waals surface area contributed by atoms with Crippen LogP contribution in [0.15, 0.2) is 5.10 Å². The quantitative estimate of drug-likeness (QED) is 0.414. The molecule has 2 fully saturated rings. The van der Waals surface area contributed by atoms with Crippen molar-refractivity contribution in [3.8, 4) is 0 Å². The summed E-state index contributed by atoms with van der Waals surface area (Å²) < 4.78 is -0.224. The van der Waals surface area contributed by atoms with Crippen molar-refractivity contribution < 1.29 is 5.03 Å². The Bertz CT molecular complexity index is 327. The van der Waals surface area contributed by atoms with Crippen molar-refractivity contribution >= 4 is 21.6 Å². The van der Waals surface area contributed by atoms with E-state index in [9.17, 15) is 10.1 Å². The zero-order chi connectivity index (χ0) is 10.6. The van der Waals surface area contributed by atoms with Crippen LogP contribution in [0.4, 0.5) is 0 Å². The fourth-order valence-corrected chi connectivity index (χ4v) is 3.66. The fraction of sp³-hybridized carbons (Fsp3) is 0.889. The van der Waals surface area contributed by atoms with Gasteiger partial charge in [-0.05, 0) is 30.6 Å². The predicted octanol–water partition coefficient (Wildman–Crippen LogP) is 2.59. The minimum atomic E-state index is -0.574. The molecule has 0 aromatic rings. The molecule has 0 radical (unpaired) electrons. The highest BCUT2D eigenvalue weighted by Crippen LogP contribution is 2.62. The molecular weight excluding hydrogens is 248 g/mol. The number of hydrogen-bond donors (Lipinski definition) is 0.